The minimum atomic E-state index is -4.35. The van der Waals surface area contributed by atoms with Gasteiger partial charge in [0.25, 0.3) is 0 Å². The minimum absolute atomic E-state index is 0.217. The molecule has 0 aromatic carbocycles. The van der Waals surface area contributed by atoms with Gasteiger partial charge in [0.1, 0.15) is 5.69 Å². The highest BCUT2D eigenvalue weighted by Gasteiger charge is 2.35. The normalized spacial score (nSPS) is 18.9. The maximum absolute atomic E-state index is 12.5. The molecule has 1 aromatic rings. The number of H-pyrrole nitrogens is 1. The molecule has 90 valence electrons. The SMILES string of the molecule is FC(F)(F)c1[nH]ncc1CN1CCNCC1. The predicted molar refractivity (Wildman–Crippen MR) is 51.7 cm³/mol. The lowest BCUT2D eigenvalue weighted by atomic mass is 10.2. The van der Waals surface area contributed by atoms with Crippen LogP contribution in [0.4, 0.5) is 13.2 Å². The smallest absolute Gasteiger partial charge is 0.314 e. The molecule has 1 aromatic heterocycles. The minimum Gasteiger partial charge on any atom is -0.314 e. The summed E-state index contributed by atoms with van der Waals surface area (Å²) in [6, 6.07) is 0. The van der Waals surface area contributed by atoms with E-state index in [9.17, 15) is 13.2 Å². The Morgan fingerprint density at radius 2 is 2.00 bits per heavy atom. The molecule has 0 atom stereocenters. The number of alkyl halides is 3. The van der Waals surface area contributed by atoms with Crippen LogP contribution >= 0.6 is 0 Å². The average molecular weight is 234 g/mol. The topological polar surface area (TPSA) is 44.0 Å². The number of aromatic amines is 1. The van der Waals surface area contributed by atoms with Gasteiger partial charge in [-0.05, 0) is 0 Å². The first kappa shape index (κ1) is 11.4. The maximum Gasteiger partial charge on any atom is 0.433 e. The third-order valence-corrected chi connectivity index (χ3v) is 2.60. The van der Waals surface area contributed by atoms with Crippen LogP contribution in [0.5, 0.6) is 0 Å². The Hall–Kier alpha value is -1.08. The average Bonchev–Trinajstić information content (AvgIpc) is 2.67. The fourth-order valence-corrected chi connectivity index (χ4v) is 1.79. The summed E-state index contributed by atoms with van der Waals surface area (Å²) in [5, 5.41) is 8.64. The van der Waals surface area contributed by atoms with E-state index in [0.717, 1.165) is 26.2 Å². The first-order valence-corrected chi connectivity index (χ1v) is 5.10. The van der Waals surface area contributed by atoms with Crippen LogP contribution in [0.3, 0.4) is 0 Å². The monoisotopic (exact) mass is 234 g/mol. The van der Waals surface area contributed by atoms with Crippen molar-refractivity contribution >= 4 is 0 Å². The molecule has 0 spiro atoms. The van der Waals surface area contributed by atoms with Gasteiger partial charge in [-0.3, -0.25) is 10.00 Å². The van der Waals surface area contributed by atoms with Crippen LogP contribution in [-0.2, 0) is 12.7 Å². The number of hydrogen-bond donors (Lipinski definition) is 2. The summed E-state index contributed by atoms with van der Waals surface area (Å²) in [6.45, 7) is 3.47. The lowest BCUT2D eigenvalue weighted by Crippen LogP contribution is -2.43. The maximum atomic E-state index is 12.5. The Balaban J connectivity index is 2.06. The van der Waals surface area contributed by atoms with E-state index < -0.39 is 11.9 Å². The molecule has 0 radical (unpaired) electrons. The quantitative estimate of drug-likeness (QED) is 0.796. The van der Waals surface area contributed by atoms with Gasteiger partial charge >= 0.3 is 6.18 Å². The number of piperazine rings is 1. The summed E-state index contributed by atoms with van der Waals surface area (Å²) in [5.74, 6) is 0. The van der Waals surface area contributed by atoms with Crippen LogP contribution in [0.25, 0.3) is 0 Å². The van der Waals surface area contributed by atoms with Crippen LogP contribution in [0.15, 0.2) is 6.20 Å². The molecule has 0 saturated carbocycles. The molecular weight excluding hydrogens is 221 g/mol. The van der Waals surface area contributed by atoms with Crippen molar-refractivity contribution in [3.05, 3.63) is 17.5 Å². The number of nitrogens with one attached hydrogen (secondary N) is 2. The largest absolute Gasteiger partial charge is 0.433 e. The van der Waals surface area contributed by atoms with Crippen molar-refractivity contribution in [3.63, 3.8) is 0 Å². The van der Waals surface area contributed by atoms with Crippen LogP contribution in [0.2, 0.25) is 0 Å². The standard InChI is InChI=1S/C9H13F3N4/c10-9(11,12)8-7(5-14-15-8)6-16-3-1-13-2-4-16/h5,13H,1-4,6H2,(H,14,15). The molecule has 4 nitrogen and oxygen atoms in total. The molecule has 0 unspecified atom stereocenters. The summed E-state index contributed by atoms with van der Waals surface area (Å²) < 4.78 is 37.6. The molecule has 16 heavy (non-hydrogen) atoms. The van der Waals surface area contributed by atoms with Gasteiger partial charge in [0.15, 0.2) is 0 Å². The molecule has 2 heterocycles. The molecule has 1 saturated heterocycles. The number of hydrogen-bond acceptors (Lipinski definition) is 3. The Kier molecular flexibility index (Phi) is 3.15. The second-order valence-corrected chi connectivity index (χ2v) is 3.79. The van der Waals surface area contributed by atoms with Gasteiger partial charge in [0.2, 0.25) is 0 Å². The highest BCUT2D eigenvalue weighted by molar-refractivity contribution is 5.19. The summed E-state index contributed by atoms with van der Waals surface area (Å²) in [6.07, 6.45) is -3.09. The molecule has 0 aliphatic carbocycles. The van der Waals surface area contributed by atoms with E-state index in [1.807, 2.05) is 10.00 Å². The van der Waals surface area contributed by atoms with E-state index in [4.69, 9.17) is 0 Å². The van der Waals surface area contributed by atoms with Crippen molar-refractivity contribution in [3.8, 4) is 0 Å². The molecule has 2 N–H and O–H groups in total. The lowest BCUT2D eigenvalue weighted by molar-refractivity contribution is -0.142. The summed E-state index contributed by atoms with van der Waals surface area (Å²) >= 11 is 0. The summed E-state index contributed by atoms with van der Waals surface area (Å²) in [4.78, 5) is 1.98. The van der Waals surface area contributed by atoms with Crippen molar-refractivity contribution in [2.45, 2.75) is 12.7 Å². The van der Waals surface area contributed by atoms with Gasteiger partial charge in [-0.15, -0.1) is 0 Å². The van der Waals surface area contributed by atoms with Crippen LogP contribution in [-0.4, -0.2) is 41.3 Å². The van der Waals surface area contributed by atoms with Crippen LogP contribution in [0, 0.1) is 0 Å². The highest BCUT2D eigenvalue weighted by atomic mass is 19.4. The Labute approximate surface area is 90.8 Å². The Morgan fingerprint density at radius 3 is 2.62 bits per heavy atom. The molecule has 0 bridgehead atoms. The van der Waals surface area contributed by atoms with Gasteiger partial charge in [0.05, 0.1) is 6.20 Å². The molecule has 1 fully saturated rings. The zero-order valence-electron chi connectivity index (χ0n) is 8.64. The number of nitrogens with zero attached hydrogens (tertiary/aromatic N) is 2. The number of aromatic nitrogens is 2. The predicted octanol–water partition coefficient (Wildman–Crippen LogP) is 0.834. The van der Waals surface area contributed by atoms with Gasteiger partial charge in [-0.25, -0.2) is 0 Å². The first-order chi connectivity index (χ1) is 7.57. The third-order valence-electron chi connectivity index (χ3n) is 2.60. The molecule has 0 amide bonds. The molecule has 1 aliphatic heterocycles. The van der Waals surface area contributed by atoms with Gasteiger partial charge in [0, 0.05) is 38.3 Å². The van der Waals surface area contributed by atoms with Gasteiger partial charge in [-0.1, -0.05) is 0 Å². The fraction of sp³-hybridized carbons (Fsp3) is 0.667. The zero-order chi connectivity index (χ0) is 11.6. The molecular formula is C9H13F3N4. The van der Waals surface area contributed by atoms with E-state index in [-0.39, 0.29) is 5.56 Å². The summed E-state index contributed by atoms with van der Waals surface area (Å²) in [5.41, 5.74) is -0.513. The molecule has 1 aliphatic rings. The van der Waals surface area contributed by atoms with Crippen LogP contribution < -0.4 is 5.32 Å². The second-order valence-electron chi connectivity index (χ2n) is 3.79. The Morgan fingerprint density at radius 1 is 1.31 bits per heavy atom. The van der Waals surface area contributed by atoms with Gasteiger partial charge in [-0.2, -0.15) is 18.3 Å². The van der Waals surface area contributed by atoms with Gasteiger partial charge < -0.3 is 5.32 Å². The highest BCUT2D eigenvalue weighted by Crippen LogP contribution is 2.30. The van der Waals surface area contributed by atoms with Crippen molar-refractivity contribution in [2.24, 2.45) is 0 Å². The van der Waals surface area contributed by atoms with Crippen LogP contribution in [0.1, 0.15) is 11.3 Å². The van der Waals surface area contributed by atoms with E-state index in [1.54, 1.807) is 0 Å². The van der Waals surface area contributed by atoms with Crippen molar-refractivity contribution in [1.82, 2.24) is 20.4 Å². The Bertz CT molecular complexity index is 341. The van der Waals surface area contributed by atoms with E-state index in [0.29, 0.717) is 6.54 Å². The van der Waals surface area contributed by atoms with Crippen molar-refractivity contribution < 1.29 is 13.2 Å². The molecule has 2 rings (SSSR count). The van der Waals surface area contributed by atoms with Crippen molar-refractivity contribution in [2.75, 3.05) is 26.2 Å². The zero-order valence-corrected chi connectivity index (χ0v) is 8.64. The molecule has 7 heteroatoms. The first-order valence-electron chi connectivity index (χ1n) is 5.10. The fourth-order valence-electron chi connectivity index (χ4n) is 1.79. The lowest BCUT2D eigenvalue weighted by Gasteiger charge is -2.27. The van der Waals surface area contributed by atoms with E-state index in [1.165, 1.54) is 6.20 Å². The third kappa shape index (κ3) is 2.53. The summed E-state index contributed by atoms with van der Waals surface area (Å²) in [7, 11) is 0. The second kappa shape index (κ2) is 4.42. The number of rotatable bonds is 2. The number of halogens is 3. The van der Waals surface area contributed by atoms with E-state index >= 15 is 0 Å². The van der Waals surface area contributed by atoms with E-state index in [2.05, 4.69) is 10.4 Å². The van der Waals surface area contributed by atoms with Crippen molar-refractivity contribution in [1.29, 1.82) is 0 Å².